The van der Waals surface area contributed by atoms with Crippen LogP contribution in [0.25, 0.3) is 0 Å². The number of hydrogen-bond donors (Lipinski definition) is 2. The summed E-state index contributed by atoms with van der Waals surface area (Å²) in [7, 11) is 1.57. The highest BCUT2D eigenvalue weighted by atomic mass is 35.5. The van der Waals surface area contributed by atoms with Gasteiger partial charge in [0.2, 0.25) is 5.96 Å². The van der Waals surface area contributed by atoms with E-state index in [2.05, 4.69) is 20.8 Å². The second-order valence-corrected chi connectivity index (χ2v) is 7.56. The number of imide groups is 1. The fraction of sp³-hybridized carbons (Fsp3) is 0.238. The molecule has 0 bridgehead atoms. The topological polar surface area (TPSA) is 89.4 Å². The minimum Gasteiger partial charge on any atom is -0.325 e. The molecule has 0 aliphatic carbocycles. The number of guanidine groups is 1. The molecule has 2 heterocycles. The molecule has 2 aromatic rings. The van der Waals surface area contributed by atoms with E-state index in [-0.39, 0.29) is 10.6 Å². The first-order valence-corrected chi connectivity index (χ1v) is 10.0. The number of fused-ring (bicyclic) bond motifs is 1. The van der Waals surface area contributed by atoms with Crippen LogP contribution in [0.15, 0.2) is 58.6 Å². The second kappa shape index (κ2) is 8.73. The molecule has 0 saturated carbocycles. The third kappa shape index (κ3) is 4.22. The molecule has 0 radical (unpaired) electrons. The molecule has 2 aliphatic heterocycles. The highest BCUT2D eigenvalue weighted by molar-refractivity contribution is 6.33. The van der Waals surface area contributed by atoms with E-state index in [0.29, 0.717) is 18.9 Å². The van der Waals surface area contributed by atoms with Gasteiger partial charge in [-0.3, -0.25) is 10.1 Å². The first kappa shape index (κ1) is 20.8. The predicted octanol–water partition coefficient (Wildman–Crippen LogP) is 2.19. The summed E-state index contributed by atoms with van der Waals surface area (Å²) in [5.41, 5.74) is 4.01. The third-order valence-electron chi connectivity index (χ3n) is 5.20. The summed E-state index contributed by atoms with van der Waals surface area (Å²) in [5.74, 6) is -0.625. The molecule has 2 unspecified atom stereocenters. The molecule has 2 aliphatic rings. The largest absolute Gasteiger partial charge is 0.325 e. The lowest BCUT2D eigenvalue weighted by Crippen LogP contribution is -2.64. The zero-order valence-corrected chi connectivity index (χ0v) is 17.4. The molecular weight excluding hydrogens is 423 g/mol. The number of likely N-dealkylation sites (N-methyl/N-ethyl adjacent to an activating group) is 1. The molecule has 0 aromatic heterocycles. The van der Waals surface area contributed by atoms with Crippen LogP contribution in [0.3, 0.4) is 0 Å². The average molecular weight is 443 g/mol. The van der Waals surface area contributed by atoms with Gasteiger partial charge in [-0.2, -0.15) is 5.10 Å². The van der Waals surface area contributed by atoms with Crippen LogP contribution in [0.5, 0.6) is 0 Å². The smallest absolute Gasteiger partial charge is 0.325 e. The molecule has 1 fully saturated rings. The predicted molar refractivity (Wildman–Crippen MR) is 115 cm³/mol. The van der Waals surface area contributed by atoms with Crippen molar-refractivity contribution in [2.75, 3.05) is 13.6 Å². The lowest BCUT2D eigenvalue weighted by atomic mass is 10.1. The average Bonchev–Trinajstić information content (AvgIpc) is 3.12. The zero-order valence-electron chi connectivity index (χ0n) is 16.6. The van der Waals surface area contributed by atoms with Gasteiger partial charge in [-0.15, -0.1) is 0 Å². The van der Waals surface area contributed by atoms with Crippen LogP contribution in [-0.2, 0) is 11.2 Å². The van der Waals surface area contributed by atoms with Crippen LogP contribution in [-0.4, -0.2) is 59.7 Å². The molecule has 2 aromatic carbocycles. The van der Waals surface area contributed by atoms with Gasteiger partial charge in [0.05, 0.1) is 11.2 Å². The molecule has 0 spiro atoms. The highest BCUT2D eigenvalue weighted by Gasteiger charge is 2.48. The van der Waals surface area contributed by atoms with Gasteiger partial charge < -0.3 is 9.80 Å². The van der Waals surface area contributed by atoms with Crippen LogP contribution in [0.2, 0.25) is 5.02 Å². The van der Waals surface area contributed by atoms with Crippen molar-refractivity contribution in [2.45, 2.75) is 18.6 Å². The number of amides is 3. The van der Waals surface area contributed by atoms with Crippen molar-refractivity contribution >= 4 is 35.7 Å². The maximum Gasteiger partial charge on any atom is 0.325 e. The summed E-state index contributed by atoms with van der Waals surface area (Å²) in [6.07, 6.45) is 1.22. The van der Waals surface area contributed by atoms with E-state index in [4.69, 9.17) is 11.6 Å². The van der Waals surface area contributed by atoms with Gasteiger partial charge in [-0.1, -0.05) is 48.0 Å². The Kier molecular flexibility index (Phi) is 5.85. The fourth-order valence-electron chi connectivity index (χ4n) is 3.55. The molecule has 2 N–H and O–H groups in total. The van der Waals surface area contributed by atoms with E-state index in [9.17, 15) is 14.0 Å². The van der Waals surface area contributed by atoms with E-state index < -0.39 is 30.0 Å². The molecular formula is C21H20ClFN6O2. The Morgan fingerprint density at radius 3 is 2.74 bits per heavy atom. The Bertz CT molecular complexity index is 1040. The number of hydrazone groups is 1. The summed E-state index contributed by atoms with van der Waals surface area (Å²) >= 11 is 6.03. The molecule has 4 rings (SSSR count). The number of nitrogens with one attached hydrogen (secondary N) is 2. The van der Waals surface area contributed by atoms with Crippen molar-refractivity contribution < 1.29 is 14.0 Å². The number of hydrogen-bond acceptors (Lipinski definition) is 6. The lowest BCUT2D eigenvalue weighted by Gasteiger charge is -2.36. The van der Waals surface area contributed by atoms with Crippen LogP contribution in [0.1, 0.15) is 11.1 Å². The van der Waals surface area contributed by atoms with Gasteiger partial charge in [-0.05, 0) is 24.1 Å². The molecule has 10 heteroatoms. The fourth-order valence-corrected chi connectivity index (χ4v) is 3.76. The standard InChI is InChI=1S/C21H20ClFN6O2/c1-28-18-17(19(30)26-21(28)31)29(11-10-13-6-3-2-4-7-13)20(25-18)27-24-12-14-15(22)8-5-9-16(14)23/h2-9,12,17-18H,10-11H2,1H3,(H,25,27)(H,26,30,31)/b24-12+. The number of rotatable bonds is 5. The quantitative estimate of drug-likeness (QED) is 0.548. The van der Waals surface area contributed by atoms with Crippen molar-refractivity contribution in [1.29, 1.82) is 0 Å². The van der Waals surface area contributed by atoms with Crippen LogP contribution in [0.4, 0.5) is 9.18 Å². The maximum atomic E-state index is 14.0. The van der Waals surface area contributed by atoms with Gasteiger partial charge in [0.15, 0.2) is 12.2 Å². The van der Waals surface area contributed by atoms with Gasteiger partial charge in [0, 0.05) is 19.2 Å². The van der Waals surface area contributed by atoms with E-state index in [1.165, 1.54) is 23.2 Å². The number of carbonyl (C=O) groups excluding carboxylic acids is 2. The second-order valence-electron chi connectivity index (χ2n) is 7.15. The van der Waals surface area contributed by atoms with Gasteiger partial charge in [-0.25, -0.2) is 19.6 Å². The Morgan fingerprint density at radius 2 is 2.00 bits per heavy atom. The van der Waals surface area contributed by atoms with E-state index in [1.54, 1.807) is 18.0 Å². The first-order valence-electron chi connectivity index (χ1n) is 9.65. The van der Waals surface area contributed by atoms with Crippen molar-refractivity contribution in [1.82, 2.24) is 20.5 Å². The maximum absolute atomic E-state index is 14.0. The minimum absolute atomic E-state index is 0.133. The van der Waals surface area contributed by atoms with E-state index in [0.717, 1.165) is 5.56 Å². The van der Waals surface area contributed by atoms with Crippen LogP contribution in [0, 0.1) is 5.82 Å². The monoisotopic (exact) mass is 442 g/mol. The van der Waals surface area contributed by atoms with Crippen molar-refractivity contribution in [3.63, 3.8) is 0 Å². The first-order chi connectivity index (χ1) is 15.0. The normalized spacial score (nSPS) is 20.7. The number of aliphatic imine (C=N–C) groups is 1. The Morgan fingerprint density at radius 1 is 1.23 bits per heavy atom. The number of nitrogens with zero attached hydrogens (tertiary/aromatic N) is 4. The van der Waals surface area contributed by atoms with Crippen molar-refractivity contribution in [2.24, 2.45) is 10.1 Å². The van der Waals surface area contributed by atoms with Crippen LogP contribution < -0.4 is 10.7 Å². The van der Waals surface area contributed by atoms with E-state index in [1.807, 2.05) is 30.3 Å². The molecule has 2 atom stereocenters. The Hall–Kier alpha value is -3.46. The summed E-state index contributed by atoms with van der Waals surface area (Å²) in [6, 6.07) is 12.9. The number of carbonyl (C=O) groups is 2. The Balaban J connectivity index is 1.57. The van der Waals surface area contributed by atoms with Crippen LogP contribution >= 0.6 is 11.6 Å². The molecule has 1 saturated heterocycles. The van der Waals surface area contributed by atoms with Gasteiger partial charge >= 0.3 is 6.03 Å². The molecule has 160 valence electrons. The van der Waals surface area contributed by atoms with Crippen molar-refractivity contribution in [3.8, 4) is 0 Å². The summed E-state index contributed by atoms with van der Waals surface area (Å²) in [5, 5.41) is 6.64. The highest BCUT2D eigenvalue weighted by Crippen LogP contribution is 2.24. The zero-order chi connectivity index (χ0) is 22.0. The number of urea groups is 1. The number of halogens is 2. The lowest BCUT2D eigenvalue weighted by molar-refractivity contribution is -0.127. The van der Waals surface area contributed by atoms with Gasteiger partial charge in [0.1, 0.15) is 5.82 Å². The number of benzene rings is 2. The third-order valence-corrected chi connectivity index (χ3v) is 5.53. The summed E-state index contributed by atoms with van der Waals surface area (Å²) < 4.78 is 14.0. The van der Waals surface area contributed by atoms with Gasteiger partial charge in [0.25, 0.3) is 5.91 Å². The SMILES string of the molecule is CN1C(=O)NC(=O)C2C1N=C(N/N=C/c1c(F)cccc1Cl)N2CCc1ccccc1. The minimum atomic E-state index is -0.693. The Labute approximate surface area is 183 Å². The summed E-state index contributed by atoms with van der Waals surface area (Å²) in [6.45, 7) is 0.461. The molecule has 31 heavy (non-hydrogen) atoms. The summed E-state index contributed by atoms with van der Waals surface area (Å²) in [4.78, 5) is 32.2. The van der Waals surface area contributed by atoms with E-state index >= 15 is 0 Å². The molecule has 3 amide bonds. The van der Waals surface area contributed by atoms with Crippen molar-refractivity contribution in [3.05, 3.63) is 70.5 Å². The molecule has 8 nitrogen and oxygen atoms in total.